The molecule has 3 aromatic carbocycles. The average molecular weight is 459 g/mol. The molecule has 0 aliphatic rings. The number of aromatic nitrogens is 1. The molecule has 0 radical (unpaired) electrons. The Morgan fingerprint density at radius 2 is 1.53 bits per heavy atom. The molecule has 34 heavy (non-hydrogen) atoms. The van der Waals surface area contributed by atoms with E-state index in [0.717, 1.165) is 27.7 Å². The fourth-order valence-corrected chi connectivity index (χ4v) is 3.93. The molecule has 0 spiro atoms. The maximum atomic E-state index is 13.2. The van der Waals surface area contributed by atoms with Gasteiger partial charge in [0.15, 0.2) is 11.5 Å². The van der Waals surface area contributed by atoms with Gasteiger partial charge in [-0.05, 0) is 69.7 Å². The monoisotopic (exact) mass is 458 g/mol. The number of para-hydroxylation sites is 1. The van der Waals surface area contributed by atoms with Crippen LogP contribution >= 0.6 is 0 Å². The first kappa shape index (κ1) is 23.2. The molecule has 0 saturated carbocycles. The van der Waals surface area contributed by atoms with Crippen molar-refractivity contribution in [2.45, 2.75) is 27.7 Å². The van der Waals surface area contributed by atoms with Gasteiger partial charge in [-0.2, -0.15) is 0 Å². The van der Waals surface area contributed by atoms with Crippen LogP contribution in [0.4, 0.5) is 5.69 Å². The summed E-state index contributed by atoms with van der Waals surface area (Å²) in [6, 6.07) is 19.6. The van der Waals surface area contributed by atoms with Crippen LogP contribution in [0.2, 0.25) is 0 Å². The van der Waals surface area contributed by atoms with E-state index >= 15 is 0 Å². The molecule has 0 bridgehead atoms. The van der Waals surface area contributed by atoms with Gasteiger partial charge in [-0.1, -0.05) is 24.3 Å². The van der Waals surface area contributed by atoms with Gasteiger partial charge in [-0.25, -0.2) is 0 Å². The molecule has 0 aliphatic heterocycles. The lowest BCUT2D eigenvalue weighted by atomic mass is 10.0. The summed E-state index contributed by atoms with van der Waals surface area (Å²) in [6.07, 6.45) is 0. The Kier molecular flexibility index (Phi) is 7.07. The summed E-state index contributed by atoms with van der Waals surface area (Å²) >= 11 is 0. The first-order valence-electron chi connectivity index (χ1n) is 11.6. The summed E-state index contributed by atoms with van der Waals surface area (Å²) in [5, 5.41) is 4.16. The van der Waals surface area contributed by atoms with E-state index in [9.17, 15) is 4.79 Å². The number of rotatable bonds is 9. The van der Waals surface area contributed by atoms with Crippen LogP contribution in [0.3, 0.4) is 0 Å². The van der Waals surface area contributed by atoms with Gasteiger partial charge in [0.1, 0.15) is 0 Å². The summed E-state index contributed by atoms with van der Waals surface area (Å²) in [7, 11) is 0. The Bertz CT molecular complexity index is 1250. The highest BCUT2D eigenvalue weighted by Crippen LogP contribution is 2.39. The third kappa shape index (κ3) is 4.86. The molecule has 6 nitrogen and oxygen atoms in total. The summed E-state index contributed by atoms with van der Waals surface area (Å²) in [6.45, 7) is 9.09. The lowest BCUT2D eigenvalue weighted by Crippen LogP contribution is -2.13. The molecule has 0 fully saturated rings. The Labute approximate surface area is 199 Å². The summed E-state index contributed by atoms with van der Waals surface area (Å²) in [5.74, 6) is 1.24. The number of carbonyl (C=O) groups is 1. The molecule has 4 aromatic rings. The van der Waals surface area contributed by atoms with Crippen molar-refractivity contribution in [3.05, 3.63) is 71.8 Å². The number of H-pyrrole nitrogens is 1. The zero-order valence-electron chi connectivity index (χ0n) is 20.0. The van der Waals surface area contributed by atoms with E-state index in [0.29, 0.717) is 48.3 Å². The number of fused-ring (bicyclic) bond motifs is 1. The Morgan fingerprint density at radius 3 is 2.18 bits per heavy atom. The first-order valence-corrected chi connectivity index (χ1v) is 11.6. The van der Waals surface area contributed by atoms with Gasteiger partial charge < -0.3 is 24.5 Å². The highest BCUT2D eigenvalue weighted by atomic mass is 16.5. The smallest absolute Gasteiger partial charge is 0.255 e. The molecule has 176 valence electrons. The molecule has 0 atom stereocenters. The number of ether oxygens (including phenoxy) is 3. The molecule has 0 aliphatic carbocycles. The van der Waals surface area contributed by atoms with E-state index in [4.69, 9.17) is 14.2 Å². The van der Waals surface area contributed by atoms with E-state index in [1.165, 1.54) is 0 Å². The van der Waals surface area contributed by atoms with Crippen LogP contribution in [0.15, 0.2) is 60.7 Å². The molecular weight excluding hydrogens is 428 g/mol. The quantitative estimate of drug-likeness (QED) is 0.297. The molecular formula is C28H30N2O4. The zero-order chi connectivity index (χ0) is 24.1. The van der Waals surface area contributed by atoms with Crippen molar-refractivity contribution >= 4 is 22.5 Å². The van der Waals surface area contributed by atoms with Gasteiger partial charge in [-0.3, -0.25) is 4.79 Å². The third-order valence-electron chi connectivity index (χ3n) is 5.49. The highest BCUT2D eigenvalue weighted by molar-refractivity contribution is 6.05. The molecule has 0 unspecified atom stereocenters. The summed E-state index contributed by atoms with van der Waals surface area (Å²) in [4.78, 5) is 16.7. The standard InChI is InChI=1S/C28H30N2O4/c1-5-32-25-15-20(16-26(33-6-2)27(25)34-7-3)28(31)29-21-13-12-18(4)22(17-21)24-14-19-10-8-9-11-23(19)30-24/h8-17,30H,5-7H2,1-4H3,(H,29,31). The molecule has 4 rings (SSSR count). The SMILES string of the molecule is CCOc1cc(C(=O)Nc2ccc(C)c(-c3cc4ccccc4[nH]3)c2)cc(OCC)c1OCC. The fourth-order valence-electron chi connectivity index (χ4n) is 3.93. The van der Waals surface area contributed by atoms with Crippen molar-refractivity contribution in [1.82, 2.24) is 4.98 Å². The number of carbonyl (C=O) groups excluding carboxylic acids is 1. The van der Waals surface area contributed by atoms with Crippen molar-refractivity contribution in [2.24, 2.45) is 0 Å². The normalized spacial score (nSPS) is 10.8. The largest absolute Gasteiger partial charge is 0.490 e. The number of aromatic amines is 1. The van der Waals surface area contributed by atoms with Gasteiger partial charge in [0.2, 0.25) is 5.75 Å². The minimum Gasteiger partial charge on any atom is -0.490 e. The lowest BCUT2D eigenvalue weighted by Gasteiger charge is -2.17. The number of hydrogen-bond acceptors (Lipinski definition) is 4. The van der Waals surface area contributed by atoms with Crippen LogP contribution in [0.25, 0.3) is 22.2 Å². The van der Waals surface area contributed by atoms with Gasteiger partial charge >= 0.3 is 0 Å². The van der Waals surface area contributed by atoms with Gasteiger partial charge in [0.25, 0.3) is 5.91 Å². The van der Waals surface area contributed by atoms with Crippen molar-refractivity contribution in [1.29, 1.82) is 0 Å². The van der Waals surface area contributed by atoms with E-state index < -0.39 is 0 Å². The predicted octanol–water partition coefficient (Wildman–Crippen LogP) is 6.59. The van der Waals surface area contributed by atoms with Crippen molar-refractivity contribution in [2.75, 3.05) is 25.1 Å². The van der Waals surface area contributed by atoms with Crippen LogP contribution in [0.1, 0.15) is 36.7 Å². The number of aryl methyl sites for hydroxylation is 1. The van der Waals surface area contributed by atoms with E-state index in [1.54, 1.807) is 12.1 Å². The molecule has 2 N–H and O–H groups in total. The summed E-state index contributed by atoms with van der Waals surface area (Å²) < 4.78 is 17.2. The number of amides is 1. The van der Waals surface area contributed by atoms with Gasteiger partial charge in [0.05, 0.1) is 19.8 Å². The molecule has 1 amide bonds. The van der Waals surface area contributed by atoms with Crippen molar-refractivity contribution < 1.29 is 19.0 Å². The second-order valence-corrected chi connectivity index (χ2v) is 7.85. The summed E-state index contributed by atoms with van der Waals surface area (Å²) in [5.41, 5.74) is 5.37. The molecule has 6 heteroatoms. The van der Waals surface area contributed by atoms with Gasteiger partial charge in [0, 0.05) is 33.4 Å². The maximum absolute atomic E-state index is 13.2. The predicted molar refractivity (Wildman–Crippen MR) is 136 cm³/mol. The molecule has 0 saturated heterocycles. The van der Waals surface area contributed by atoms with Crippen LogP contribution in [0, 0.1) is 6.92 Å². The van der Waals surface area contributed by atoms with Crippen LogP contribution in [-0.2, 0) is 0 Å². The van der Waals surface area contributed by atoms with Crippen molar-refractivity contribution in [3.8, 4) is 28.5 Å². The topological polar surface area (TPSA) is 72.6 Å². The van der Waals surface area contributed by atoms with E-state index in [-0.39, 0.29) is 5.91 Å². The van der Waals surface area contributed by atoms with Crippen molar-refractivity contribution in [3.63, 3.8) is 0 Å². The number of nitrogens with one attached hydrogen (secondary N) is 2. The average Bonchev–Trinajstić information content (AvgIpc) is 3.26. The Morgan fingerprint density at radius 1 is 0.853 bits per heavy atom. The second kappa shape index (κ2) is 10.3. The molecule has 1 aromatic heterocycles. The minimum atomic E-state index is -0.253. The number of anilines is 1. The van der Waals surface area contributed by atoms with Crippen LogP contribution in [-0.4, -0.2) is 30.7 Å². The van der Waals surface area contributed by atoms with Crippen LogP contribution in [0.5, 0.6) is 17.2 Å². The first-order chi connectivity index (χ1) is 16.5. The number of hydrogen-bond donors (Lipinski definition) is 2. The van der Waals surface area contributed by atoms with E-state index in [2.05, 4.69) is 35.4 Å². The van der Waals surface area contributed by atoms with E-state index in [1.807, 2.05) is 51.1 Å². The number of benzene rings is 3. The van der Waals surface area contributed by atoms with Gasteiger partial charge in [-0.15, -0.1) is 0 Å². The highest BCUT2D eigenvalue weighted by Gasteiger charge is 2.19. The fraction of sp³-hybridized carbons (Fsp3) is 0.250. The second-order valence-electron chi connectivity index (χ2n) is 7.85. The minimum absolute atomic E-state index is 0.253. The molecule has 1 heterocycles. The zero-order valence-corrected chi connectivity index (χ0v) is 20.0. The Balaban J connectivity index is 1.65. The Hall–Kier alpha value is -3.93. The third-order valence-corrected chi connectivity index (χ3v) is 5.49. The van der Waals surface area contributed by atoms with Crippen LogP contribution < -0.4 is 19.5 Å². The lowest BCUT2D eigenvalue weighted by molar-refractivity contribution is 0.102. The maximum Gasteiger partial charge on any atom is 0.255 e.